The lowest BCUT2D eigenvalue weighted by Gasteiger charge is -1.97. The van der Waals surface area contributed by atoms with Gasteiger partial charge in [0.15, 0.2) is 0 Å². The normalized spacial score (nSPS) is 9.92. The van der Waals surface area contributed by atoms with Crippen LogP contribution in [0.2, 0.25) is 5.02 Å². The van der Waals surface area contributed by atoms with Crippen LogP contribution < -0.4 is 0 Å². The lowest BCUT2D eigenvalue weighted by molar-refractivity contribution is -0.384. The highest BCUT2D eigenvalue weighted by Gasteiger charge is 2.14. The van der Waals surface area contributed by atoms with Gasteiger partial charge in [-0.2, -0.15) is 0 Å². The van der Waals surface area contributed by atoms with Crippen LogP contribution in [0.25, 0.3) is 0 Å². The van der Waals surface area contributed by atoms with E-state index in [9.17, 15) is 10.1 Å². The van der Waals surface area contributed by atoms with E-state index in [4.69, 9.17) is 11.6 Å². The topological polar surface area (TPSA) is 43.1 Å². The van der Waals surface area contributed by atoms with Crippen LogP contribution in [0.4, 0.5) is 5.69 Å². The average molecular weight is 315 g/mol. The van der Waals surface area contributed by atoms with Crippen LogP contribution in [0.3, 0.4) is 0 Å². The quantitative estimate of drug-likeness (QED) is 0.450. The van der Waals surface area contributed by atoms with Crippen molar-refractivity contribution in [2.45, 2.75) is 0 Å². The molecule has 0 atom stereocenters. The molecule has 0 radical (unpaired) electrons. The van der Waals surface area contributed by atoms with Gasteiger partial charge in [-0.15, -0.1) is 0 Å². The molecule has 1 aromatic rings. The van der Waals surface area contributed by atoms with Gasteiger partial charge in [0.1, 0.15) is 5.02 Å². The molecule has 0 aliphatic heterocycles. The van der Waals surface area contributed by atoms with Gasteiger partial charge in [-0.05, 0) is 37.9 Å². The molecular formula is C6H2Br2ClNO2. The molecule has 0 heterocycles. The zero-order valence-corrected chi connectivity index (χ0v) is 9.48. The summed E-state index contributed by atoms with van der Waals surface area (Å²) in [5.41, 5.74) is -0.105. The molecule has 0 N–H and O–H groups in total. The molecule has 0 amide bonds. The molecule has 0 bridgehead atoms. The van der Waals surface area contributed by atoms with Crippen molar-refractivity contribution in [1.82, 2.24) is 0 Å². The second-order valence-electron chi connectivity index (χ2n) is 1.97. The number of hydrogen-bond acceptors (Lipinski definition) is 2. The summed E-state index contributed by atoms with van der Waals surface area (Å²) >= 11 is 11.9. The maximum atomic E-state index is 10.4. The number of halogens is 3. The lowest BCUT2D eigenvalue weighted by Crippen LogP contribution is -1.89. The molecule has 6 heteroatoms. The van der Waals surface area contributed by atoms with Gasteiger partial charge in [-0.3, -0.25) is 10.1 Å². The van der Waals surface area contributed by atoms with Crippen molar-refractivity contribution in [2.24, 2.45) is 0 Å². The molecule has 0 spiro atoms. The molecule has 64 valence electrons. The van der Waals surface area contributed by atoms with E-state index in [0.717, 1.165) is 0 Å². The van der Waals surface area contributed by atoms with Crippen LogP contribution in [0.15, 0.2) is 21.1 Å². The molecule has 0 saturated carbocycles. The number of rotatable bonds is 1. The zero-order valence-electron chi connectivity index (χ0n) is 5.55. The number of benzene rings is 1. The highest BCUT2D eigenvalue weighted by Crippen LogP contribution is 2.33. The van der Waals surface area contributed by atoms with Gasteiger partial charge in [0.05, 0.1) is 4.92 Å². The molecule has 0 aliphatic carbocycles. The fourth-order valence-electron chi connectivity index (χ4n) is 0.652. The predicted octanol–water partition coefficient (Wildman–Crippen LogP) is 3.77. The summed E-state index contributed by atoms with van der Waals surface area (Å²) in [6.45, 7) is 0. The minimum absolute atomic E-state index is 0.105. The van der Waals surface area contributed by atoms with Gasteiger partial charge in [0, 0.05) is 15.0 Å². The Morgan fingerprint density at radius 1 is 1.33 bits per heavy atom. The summed E-state index contributed by atoms with van der Waals surface area (Å²) in [6, 6.07) is 2.83. The SMILES string of the molecule is O=[N+]([O-])c1cc(Br)c(Br)cc1Cl. The van der Waals surface area contributed by atoms with E-state index in [-0.39, 0.29) is 10.7 Å². The van der Waals surface area contributed by atoms with Gasteiger partial charge in [-0.1, -0.05) is 11.6 Å². The Morgan fingerprint density at radius 3 is 2.33 bits per heavy atom. The molecule has 0 saturated heterocycles. The van der Waals surface area contributed by atoms with E-state index in [1.165, 1.54) is 12.1 Å². The first kappa shape index (κ1) is 9.95. The van der Waals surface area contributed by atoms with Crippen molar-refractivity contribution in [3.63, 3.8) is 0 Å². The van der Waals surface area contributed by atoms with E-state index < -0.39 is 4.92 Å². The summed E-state index contributed by atoms with van der Waals surface area (Å²) in [4.78, 5) is 9.84. The molecule has 1 rings (SSSR count). The Hall–Kier alpha value is -0.130. The van der Waals surface area contributed by atoms with Crippen LogP contribution in [0.5, 0.6) is 0 Å². The van der Waals surface area contributed by atoms with Gasteiger partial charge in [0.2, 0.25) is 0 Å². The van der Waals surface area contributed by atoms with Crippen LogP contribution >= 0.6 is 43.5 Å². The standard InChI is InChI=1S/C6H2Br2ClNO2/c7-3-1-5(9)6(10(11)12)2-4(3)8/h1-2H. The fraction of sp³-hybridized carbons (Fsp3) is 0. The van der Waals surface area contributed by atoms with E-state index in [0.29, 0.717) is 8.95 Å². The second kappa shape index (κ2) is 3.72. The minimum atomic E-state index is -0.528. The van der Waals surface area contributed by atoms with Crippen molar-refractivity contribution >= 4 is 49.1 Å². The fourth-order valence-corrected chi connectivity index (χ4v) is 1.69. The summed E-state index contributed by atoms with van der Waals surface area (Å²) < 4.78 is 1.30. The third kappa shape index (κ3) is 1.97. The third-order valence-corrected chi connectivity index (χ3v) is 3.33. The molecular weight excluding hydrogens is 313 g/mol. The Morgan fingerprint density at radius 2 is 1.83 bits per heavy atom. The van der Waals surface area contributed by atoms with Crippen molar-refractivity contribution in [2.75, 3.05) is 0 Å². The van der Waals surface area contributed by atoms with Gasteiger partial charge < -0.3 is 0 Å². The Bertz CT molecular complexity index is 343. The van der Waals surface area contributed by atoms with Crippen molar-refractivity contribution in [1.29, 1.82) is 0 Å². The molecule has 0 aromatic heterocycles. The first-order valence-corrected chi connectivity index (χ1v) is 4.77. The zero-order chi connectivity index (χ0) is 9.30. The van der Waals surface area contributed by atoms with Crippen molar-refractivity contribution in [3.8, 4) is 0 Å². The van der Waals surface area contributed by atoms with Crippen molar-refractivity contribution in [3.05, 3.63) is 36.2 Å². The van der Waals surface area contributed by atoms with Gasteiger partial charge in [0.25, 0.3) is 5.69 Å². The second-order valence-corrected chi connectivity index (χ2v) is 4.09. The molecule has 0 aliphatic rings. The third-order valence-electron chi connectivity index (χ3n) is 1.19. The summed E-state index contributed by atoms with van der Waals surface area (Å²) in [6.07, 6.45) is 0. The minimum Gasteiger partial charge on any atom is -0.258 e. The van der Waals surface area contributed by atoms with Crippen LogP contribution in [0, 0.1) is 10.1 Å². The molecule has 12 heavy (non-hydrogen) atoms. The predicted molar refractivity (Wildman–Crippen MR) is 53.5 cm³/mol. The lowest BCUT2D eigenvalue weighted by atomic mass is 10.3. The van der Waals surface area contributed by atoms with E-state index in [2.05, 4.69) is 31.9 Å². The van der Waals surface area contributed by atoms with Crippen molar-refractivity contribution < 1.29 is 4.92 Å². The average Bonchev–Trinajstić information content (AvgIpc) is 1.96. The maximum Gasteiger partial charge on any atom is 0.289 e. The first-order valence-electron chi connectivity index (χ1n) is 2.81. The summed E-state index contributed by atoms with van der Waals surface area (Å²) in [7, 11) is 0. The van der Waals surface area contributed by atoms with Crippen LogP contribution in [-0.4, -0.2) is 4.92 Å². The largest absolute Gasteiger partial charge is 0.289 e. The first-order chi connectivity index (χ1) is 5.52. The summed E-state index contributed by atoms with van der Waals surface area (Å²) in [5, 5.41) is 10.5. The monoisotopic (exact) mass is 313 g/mol. The molecule has 3 nitrogen and oxygen atoms in total. The Kier molecular flexibility index (Phi) is 3.09. The number of nitrogens with zero attached hydrogens (tertiary/aromatic N) is 1. The van der Waals surface area contributed by atoms with Gasteiger partial charge >= 0.3 is 0 Å². The van der Waals surface area contributed by atoms with Gasteiger partial charge in [-0.25, -0.2) is 0 Å². The highest BCUT2D eigenvalue weighted by atomic mass is 79.9. The highest BCUT2D eigenvalue weighted by molar-refractivity contribution is 9.13. The Labute approximate surface area is 90.1 Å². The smallest absolute Gasteiger partial charge is 0.258 e. The molecule has 0 fully saturated rings. The Balaban J connectivity index is 3.33. The maximum absolute atomic E-state index is 10.4. The molecule has 0 unspecified atom stereocenters. The van der Waals surface area contributed by atoms with Crippen LogP contribution in [0.1, 0.15) is 0 Å². The number of nitro groups is 1. The summed E-state index contributed by atoms with van der Waals surface area (Å²) in [5.74, 6) is 0. The van der Waals surface area contributed by atoms with Crippen LogP contribution in [-0.2, 0) is 0 Å². The molecule has 1 aromatic carbocycles. The number of nitro benzene ring substituents is 1. The van der Waals surface area contributed by atoms with E-state index in [1.807, 2.05) is 0 Å². The van der Waals surface area contributed by atoms with E-state index in [1.54, 1.807) is 0 Å². The number of hydrogen-bond donors (Lipinski definition) is 0. The van der Waals surface area contributed by atoms with E-state index >= 15 is 0 Å².